The van der Waals surface area contributed by atoms with Crippen LogP contribution in [0.1, 0.15) is 59.8 Å². The highest BCUT2D eigenvalue weighted by Gasteiger charge is 2.30. The summed E-state index contributed by atoms with van der Waals surface area (Å²) in [5.74, 6) is 0.819. The second kappa shape index (κ2) is 7.38. The van der Waals surface area contributed by atoms with Crippen LogP contribution in [0.25, 0.3) is 0 Å². The van der Waals surface area contributed by atoms with Crippen molar-refractivity contribution in [3.63, 3.8) is 0 Å². The summed E-state index contributed by atoms with van der Waals surface area (Å²) in [6.45, 7) is 12.0. The Labute approximate surface area is 108 Å². The van der Waals surface area contributed by atoms with E-state index in [9.17, 15) is 0 Å². The predicted octanol–water partition coefficient (Wildman–Crippen LogP) is 3.61. The van der Waals surface area contributed by atoms with Gasteiger partial charge in [0.15, 0.2) is 0 Å². The Morgan fingerprint density at radius 1 is 1.24 bits per heavy atom. The third kappa shape index (κ3) is 5.39. The van der Waals surface area contributed by atoms with Crippen LogP contribution < -0.4 is 5.32 Å². The van der Waals surface area contributed by atoms with Crippen molar-refractivity contribution in [2.75, 3.05) is 19.8 Å². The van der Waals surface area contributed by atoms with Gasteiger partial charge in [0.05, 0.1) is 6.61 Å². The third-order valence-corrected chi connectivity index (χ3v) is 4.07. The molecule has 1 unspecified atom stereocenters. The predicted molar refractivity (Wildman–Crippen MR) is 74.3 cm³/mol. The number of hydrogen-bond donors (Lipinski definition) is 1. The number of likely N-dealkylation sites (N-methyl/N-ethyl adjacent to an activating group) is 1. The molecule has 1 atom stereocenters. The van der Waals surface area contributed by atoms with Gasteiger partial charge in [-0.15, -0.1) is 0 Å². The second-order valence-electron chi connectivity index (χ2n) is 6.24. The van der Waals surface area contributed by atoms with Crippen molar-refractivity contribution < 1.29 is 4.74 Å². The minimum absolute atomic E-state index is 0.567. The van der Waals surface area contributed by atoms with Crippen molar-refractivity contribution in [2.24, 2.45) is 11.3 Å². The first-order valence-electron chi connectivity index (χ1n) is 7.40. The molecular formula is C15H31NO. The molecule has 0 aromatic heterocycles. The molecule has 2 heteroatoms. The van der Waals surface area contributed by atoms with Crippen LogP contribution in [0.15, 0.2) is 0 Å². The molecule has 0 spiro atoms. The molecule has 17 heavy (non-hydrogen) atoms. The van der Waals surface area contributed by atoms with Gasteiger partial charge in [-0.3, -0.25) is 0 Å². The maximum atomic E-state index is 5.74. The molecule has 0 aromatic rings. The van der Waals surface area contributed by atoms with Crippen LogP contribution in [0.2, 0.25) is 0 Å². The van der Waals surface area contributed by atoms with E-state index < -0.39 is 0 Å². The van der Waals surface area contributed by atoms with Gasteiger partial charge in [-0.05, 0) is 50.0 Å². The van der Waals surface area contributed by atoms with E-state index in [2.05, 4.69) is 33.0 Å². The highest BCUT2D eigenvalue weighted by molar-refractivity contribution is 4.85. The van der Waals surface area contributed by atoms with Gasteiger partial charge in [0, 0.05) is 12.6 Å². The molecule has 1 saturated carbocycles. The maximum absolute atomic E-state index is 5.74. The Bertz CT molecular complexity index is 193. The Morgan fingerprint density at radius 3 is 2.41 bits per heavy atom. The highest BCUT2D eigenvalue weighted by Crippen LogP contribution is 2.39. The lowest BCUT2D eigenvalue weighted by atomic mass is 9.71. The van der Waals surface area contributed by atoms with Crippen LogP contribution in [0.5, 0.6) is 0 Å². The maximum Gasteiger partial charge on any atom is 0.0622 e. The van der Waals surface area contributed by atoms with Gasteiger partial charge in [0.2, 0.25) is 0 Å². The molecule has 1 fully saturated rings. The van der Waals surface area contributed by atoms with Crippen molar-refractivity contribution in [3.05, 3.63) is 0 Å². The summed E-state index contributed by atoms with van der Waals surface area (Å²) in [7, 11) is 0. The van der Waals surface area contributed by atoms with E-state index in [4.69, 9.17) is 4.74 Å². The molecule has 102 valence electrons. The van der Waals surface area contributed by atoms with Crippen molar-refractivity contribution >= 4 is 0 Å². The van der Waals surface area contributed by atoms with Crippen LogP contribution >= 0.6 is 0 Å². The van der Waals surface area contributed by atoms with Crippen LogP contribution in [0, 0.1) is 11.3 Å². The fourth-order valence-corrected chi connectivity index (χ4v) is 2.80. The minimum Gasteiger partial charge on any atom is -0.380 e. The van der Waals surface area contributed by atoms with Crippen LogP contribution in [0.4, 0.5) is 0 Å². The van der Waals surface area contributed by atoms with E-state index in [0.29, 0.717) is 11.5 Å². The summed E-state index contributed by atoms with van der Waals surface area (Å²) in [6, 6.07) is 0.572. The number of ether oxygens (including phenoxy) is 1. The standard InChI is InChI=1S/C15H31NO/c1-5-11-17-12-14(16-6-2)13-7-9-15(3,4)10-8-13/h13-14,16H,5-12H2,1-4H3. The molecule has 1 aliphatic carbocycles. The van der Waals surface area contributed by atoms with Crippen molar-refractivity contribution in [3.8, 4) is 0 Å². The van der Waals surface area contributed by atoms with Gasteiger partial charge < -0.3 is 10.1 Å². The summed E-state index contributed by atoms with van der Waals surface area (Å²) in [5.41, 5.74) is 0.567. The van der Waals surface area contributed by atoms with Gasteiger partial charge in [-0.25, -0.2) is 0 Å². The highest BCUT2D eigenvalue weighted by atomic mass is 16.5. The molecule has 2 nitrogen and oxygen atoms in total. The van der Waals surface area contributed by atoms with E-state index in [1.807, 2.05) is 0 Å². The quantitative estimate of drug-likeness (QED) is 0.688. The first-order valence-corrected chi connectivity index (χ1v) is 7.40. The molecule has 0 radical (unpaired) electrons. The molecule has 0 amide bonds. The molecule has 0 heterocycles. The Kier molecular flexibility index (Phi) is 6.50. The Balaban J connectivity index is 2.36. The monoisotopic (exact) mass is 241 g/mol. The second-order valence-corrected chi connectivity index (χ2v) is 6.24. The number of nitrogens with one attached hydrogen (secondary N) is 1. The SMILES string of the molecule is CCCOCC(NCC)C1CCC(C)(C)CC1. The van der Waals surface area contributed by atoms with Gasteiger partial charge >= 0.3 is 0 Å². The lowest BCUT2D eigenvalue weighted by molar-refractivity contribution is 0.0716. The van der Waals surface area contributed by atoms with Crippen molar-refractivity contribution in [1.29, 1.82) is 0 Å². The lowest BCUT2D eigenvalue weighted by Gasteiger charge is -2.38. The molecule has 0 aromatic carbocycles. The van der Waals surface area contributed by atoms with E-state index in [-0.39, 0.29) is 0 Å². The van der Waals surface area contributed by atoms with Gasteiger partial charge in [-0.1, -0.05) is 27.7 Å². The molecule has 1 aliphatic rings. The summed E-state index contributed by atoms with van der Waals surface area (Å²) in [4.78, 5) is 0. The number of hydrogen-bond acceptors (Lipinski definition) is 2. The molecular weight excluding hydrogens is 210 g/mol. The van der Waals surface area contributed by atoms with E-state index >= 15 is 0 Å². The van der Waals surface area contributed by atoms with Crippen molar-refractivity contribution in [2.45, 2.75) is 65.8 Å². The van der Waals surface area contributed by atoms with Crippen molar-refractivity contribution in [1.82, 2.24) is 5.32 Å². The summed E-state index contributed by atoms with van der Waals surface area (Å²) in [5, 5.41) is 3.61. The van der Waals surface area contributed by atoms with Gasteiger partial charge in [-0.2, -0.15) is 0 Å². The first-order chi connectivity index (χ1) is 8.09. The lowest BCUT2D eigenvalue weighted by Crippen LogP contribution is -2.42. The molecule has 0 saturated heterocycles. The fourth-order valence-electron chi connectivity index (χ4n) is 2.80. The smallest absolute Gasteiger partial charge is 0.0622 e. The van der Waals surface area contributed by atoms with E-state index in [1.54, 1.807) is 0 Å². The summed E-state index contributed by atoms with van der Waals surface area (Å²) >= 11 is 0. The number of rotatable bonds is 7. The molecule has 1 rings (SSSR count). The zero-order valence-corrected chi connectivity index (χ0v) is 12.2. The van der Waals surface area contributed by atoms with Crippen LogP contribution in [-0.2, 0) is 4.74 Å². The Morgan fingerprint density at radius 2 is 1.88 bits per heavy atom. The van der Waals surface area contributed by atoms with Gasteiger partial charge in [0.1, 0.15) is 0 Å². The Hall–Kier alpha value is -0.0800. The fraction of sp³-hybridized carbons (Fsp3) is 1.00. The largest absolute Gasteiger partial charge is 0.380 e. The molecule has 1 N–H and O–H groups in total. The summed E-state index contributed by atoms with van der Waals surface area (Å²) in [6.07, 6.45) is 6.58. The average molecular weight is 241 g/mol. The normalized spacial score (nSPS) is 22.6. The van der Waals surface area contributed by atoms with E-state index in [0.717, 1.165) is 32.1 Å². The zero-order valence-electron chi connectivity index (χ0n) is 12.2. The average Bonchev–Trinajstić information content (AvgIpc) is 2.28. The topological polar surface area (TPSA) is 21.3 Å². The van der Waals surface area contributed by atoms with Crippen LogP contribution in [-0.4, -0.2) is 25.8 Å². The van der Waals surface area contributed by atoms with Crippen LogP contribution in [0.3, 0.4) is 0 Å². The molecule has 0 aliphatic heterocycles. The zero-order chi connectivity index (χ0) is 12.7. The van der Waals surface area contributed by atoms with Gasteiger partial charge in [0.25, 0.3) is 0 Å². The van der Waals surface area contributed by atoms with E-state index in [1.165, 1.54) is 25.7 Å². The summed E-state index contributed by atoms with van der Waals surface area (Å²) < 4.78 is 5.74. The third-order valence-electron chi connectivity index (χ3n) is 4.07. The minimum atomic E-state index is 0.567. The molecule has 0 bridgehead atoms. The first kappa shape index (κ1) is 15.0.